The molecule has 35 heavy (non-hydrogen) atoms. The van der Waals surface area contributed by atoms with Crippen molar-refractivity contribution in [1.29, 1.82) is 0 Å². The molecule has 0 radical (unpaired) electrons. The molecule has 0 fully saturated rings. The summed E-state index contributed by atoms with van der Waals surface area (Å²) in [5.41, 5.74) is 14.6. The van der Waals surface area contributed by atoms with Crippen LogP contribution in [0, 0.1) is 6.92 Å². The molecule has 5 rings (SSSR count). The number of para-hydroxylation sites is 1. The fourth-order valence-corrected chi connectivity index (χ4v) is 4.22. The predicted octanol–water partition coefficient (Wildman–Crippen LogP) is 7.71. The van der Waals surface area contributed by atoms with Crippen molar-refractivity contribution in [3.8, 4) is 0 Å². The van der Waals surface area contributed by atoms with Gasteiger partial charge in [-0.2, -0.15) is 0 Å². The van der Waals surface area contributed by atoms with E-state index in [1.165, 1.54) is 5.56 Å². The number of nitrogens with one attached hydrogen (secondary N) is 1. The maximum absolute atomic E-state index is 6.10. The van der Waals surface area contributed by atoms with Gasteiger partial charge >= 0.3 is 0 Å². The number of nitrogens with zero attached hydrogens (tertiary/aromatic N) is 2. The lowest BCUT2D eigenvalue weighted by Crippen LogP contribution is -2.15. The fraction of sp³-hybridized carbons (Fsp3) is 0.0968. The zero-order valence-corrected chi connectivity index (χ0v) is 20.0. The molecule has 172 valence electrons. The normalized spacial score (nSPS) is 15.5. The highest BCUT2D eigenvalue weighted by atomic mass is 14.9. The van der Waals surface area contributed by atoms with Crippen molar-refractivity contribution >= 4 is 44.9 Å². The van der Waals surface area contributed by atoms with Gasteiger partial charge in [-0.1, -0.05) is 61.5 Å². The van der Waals surface area contributed by atoms with Gasteiger partial charge in [0.15, 0.2) is 0 Å². The molecule has 0 saturated heterocycles. The first-order valence-electron chi connectivity index (χ1n) is 11.9. The predicted molar refractivity (Wildman–Crippen MR) is 150 cm³/mol. The molecule has 0 saturated carbocycles. The molecular formula is C31H28N4. The van der Waals surface area contributed by atoms with E-state index in [0.717, 1.165) is 56.9 Å². The first kappa shape index (κ1) is 22.4. The standard InChI is InChI=1S/C31H28N4/c1-3-22-13-16-25(17-14-22)33-29-19-21(2)31(27-12-8-7-11-26(27)29)35-28-18-15-23(32)20-30(28)34-24-9-5-4-6-10-24/h4-20,33H,3,32H2,1-2H3/b34-30+,35-28-. The Bertz CT molecular complexity index is 1490. The van der Waals surface area contributed by atoms with E-state index in [1.807, 2.05) is 48.6 Å². The second kappa shape index (κ2) is 9.82. The van der Waals surface area contributed by atoms with E-state index >= 15 is 0 Å². The smallest absolute Gasteiger partial charge is 0.0914 e. The van der Waals surface area contributed by atoms with Gasteiger partial charge in [-0.15, -0.1) is 0 Å². The van der Waals surface area contributed by atoms with Crippen molar-refractivity contribution in [2.75, 3.05) is 5.32 Å². The van der Waals surface area contributed by atoms with Gasteiger partial charge in [-0.3, -0.25) is 0 Å². The summed E-state index contributed by atoms with van der Waals surface area (Å²) in [5.74, 6) is 0. The van der Waals surface area contributed by atoms with Crippen LogP contribution in [0.5, 0.6) is 0 Å². The van der Waals surface area contributed by atoms with Gasteiger partial charge in [-0.25, -0.2) is 9.98 Å². The lowest BCUT2D eigenvalue weighted by molar-refractivity contribution is 1.14. The summed E-state index contributed by atoms with van der Waals surface area (Å²) >= 11 is 0. The second-order valence-corrected chi connectivity index (χ2v) is 8.62. The van der Waals surface area contributed by atoms with Crippen LogP contribution in [-0.2, 0) is 6.42 Å². The van der Waals surface area contributed by atoms with Gasteiger partial charge in [0.1, 0.15) is 0 Å². The number of benzene rings is 4. The Morgan fingerprint density at radius 1 is 0.771 bits per heavy atom. The molecule has 0 amide bonds. The molecule has 0 bridgehead atoms. The molecule has 4 heteroatoms. The molecule has 4 aromatic carbocycles. The van der Waals surface area contributed by atoms with E-state index in [1.54, 1.807) is 0 Å². The Labute approximate surface area is 206 Å². The molecule has 0 unspecified atom stereocenters. The Morgan fingerprint density at radius 2 is 1.49 bits per heavy atom. The Balaban J connectivity index is 1.59. The van der Waals surface area contributed by atoms with Crippen LogP contribution in [0.3, 0.4) is 0 Å². The first-order chi connectivity index (χ1) is 17.1. The fourth-order valence-electron chi connectivity index (χ4n) is 4.22. The number of fused-ring (bicyclic) bond motifs is 1. The number of aliphatic imine (C=N–C) groups is 2. The van der Waals surface area contributed by atoms with Crippen LogP contribution in [0.2, 0.25) is 0 Å². The number of hydrogen-bond donors (Lipinski definition) is 2. The van der Waals surface area contributed by atoms with Crippen molar-refractivity contribution in [3.63, 3.8) is 0 Å². The summed E-state index contributed by atoms with van der Waals surface area (Å²) in [6, 6.07) is 29.0. The largest absolute Gasteiger partial charge is 0.399 e. The van der Waals surface area contributed by atoms with E-state index in [0.29, 0.717) is 5.70 Å². The van der Waals surface area contributed by atoms with Crippen molar-refractivity contribution in [2.24, 2.45) is 15.7 Å². The number of anilines is 2. The van der Waals surface area contributed by atoms with Gasteiger partial charge in [0.05, 0.1) is 22.8 Å². The second-order valence-electron chi connectivity index (χ2n) is 8.62. The topological polar surface area (TPSA) is 62.8 Å². The number of rotatable bonds is 5. The molecule has 0 spiro atoms. The number of allylic oxidation sites excluding steroid dienone is 3. The van der Waals surface area contributed by atoms with Crippen LogP contribution >= 0.6 is 0 Å². The molecule has 0 aromatic heterocycles. The lowest BCUT2D eigenvalue weighted by atomic mass is 10.0. The van der Waals surface area contributed by atoms with Crippen molar-refractivity contribution < 1.29 is 0 Å². The number of nitrogens with two attached hydrogens (primary N) is 1. The summed E-state index contributed by atoms with van der Waals surface area (Å²) in [6.45, 7) is 4.27. The molecule has 0 heterocycles. The van der Waals surface area contributed by atoms with Gasteiger partial charge in [-0.05, 0) is 73.0 Å². The summed E-state index contributed by atoms with van der Waals surface area (Å²) < 4.78 is 0. The van der Waals surface area contributed by atoms with E-state index in [4.69, 9.17) is 15.7 Å². The van der Waals surface area contributed by atoms with Crippen LogP contribution < -0.4 is 11.1 Å². The average Bonchev–Trinajstić information content (AvgIpc) is 2.88. The molecule has 0 atom stereocenters. The third-order valence-electron chi connectivity index (χ3n) is 6.09. The van der Waals surface area contributed by atoms with Gasteiger partial charge < -0.3 is 11.1 Å². The van der Waals surface area contributed by atoms with Gasteiger partial charge in [0, 0.05) is 27.8 Å². The lowest BCUT2D eigenvalue weighted by Gasteiger charge is -2.16. The van der Waals surface area contributed by atoms with Crippen molar-refractivity contribution in [2.45, 2.75) is 20.3 Å². The maximum Gasteiger partial charge on any atom is 0.0914 e. The highest BCUT2D eigenvalue weighted by Gasteiger charge is 2.14. The Hall–Kier alpha value is -4.44. The van der Waals surface area contributed by atoms with Gasteiger partial charge in [0.2, 0.25) is 0 Å². The van der Waals surface area contributed by atoms with Crippen LogP contribution in [0.1, 0.15) is 18.1 Å². The highest BCUT2D eigenvalue weighted by molar-refractivity contribution is 6.52. The molecule has 0 aliphatic heterocycles. The summed E-state index contributed by atoms with van der Waals surface area (Å²) in [7, 11) is 0. The third kappa shape index (κ3) is 4.92. The molecule has 1 aliphatic rings. The minimum atomic E-state index is 0.661. The molecule has 1 aliphatic carbocycles. The van der Waals surface area contributed by atoms with Crippen molar-refractivity contribution in [1.82, 2.24) is 0 Å². The zero-order valence-electron chi connectivity index (χ0n) is 20.0. The van der Waals surface area contributed by atoms with E-state index < -0.39 is 0 Å². The first-order valence-corrected chi connectivity index (χ1v) is 11.9. The minimum absolute atomic E-state index is 0.661. The quantitative estimate of drug-likeness (QED) is 0.302. The summed E-state index contributed by atoms with van der Waals surface area (Å²) in [6.07, 6.45) is 6.71. The van der Waals surface area contributed by atoms with Crippen LogP contribution in [0.25, 0.3) is 10.8 Å². The summed E-state index contributed by atoms with van der Waals surface area (Å²) in [5, 5.41) is 5.81. The Kier molecular flexibility index (Phi) is 6.27. The molecule has 4 nitrogen and oxygen atoms in total. The monoisotopic (exact) mass is 456 g/mol. The van der Waals surface area contributed by atoms with Crippen LogP contribution in [-0.4, -0.2) is 11.4 Å². The SMILES string of the molecule is CCc1ccc(Nc2cc(C)c(/N=C3/C=CC(N)=C/C3=N\c3ccccc3)c3ccccc23)cc1. The van der Waals surface area contributed by atoms with Gasteiger partial charge in [0.25, 0.3) is 0 Å². The third-order valence-corrected chi connectivity index (χ3v) is 6.09. The van der Waals surface area contributed by atoms with Crippen molar-refractivity contribution in [3.05, 3.63) is 120 Å². The molecule has 3 N–H and O–H groups in total. The van der Waals surface area contributed by atoms with Crippen LogP contribution in [0.4, 0.5) is 22.7 Å². The highest BCUT2D eigenvalue weighted by Crippen LogP contribution is 2.37. The van der Waals surface area contributed by atoms with E-state index in [2.05, 4.69) is 73.8 Å². The summed E-state index contributed by atoms with van der Waals surface area (Å²) in [4.78, 5) is 9.91. The minimum Gasteiger partial charge on any atom is -0.399 e. The number of hydrogen-bond acceptors (Lipinski definition) is 4. The molecule has 4 aromatic rings. The average molecular weight is 457 g/mol. The van der Waals surface area contributed by atoms with Crippen LogP contribution in [0.15, 0.2) is 119 Å². The van der Waals surface area contributed by atoms with E-state index in [9.17, 15) is 0 Å². The maximum atomic E-state index is 6.10. The number of aryl methyl sites for hydroxylation is 2. The molecular weight excluding hydrogens is 428 g/mol. The Morgan fingerprint density at radius 3 is 2.23 bits per heavy atom. The van der Waals surface area contributed by atoms with E-state index in [-0.39, 0.29) is 0 Å². The zero-order chi connectivity index (χ0) is 24.2.